The molecule has 1 amide bonds. The maximum Gasteiger partial charge on any atom is 1.00 e. The molecule has 0 aliphatic rings. The van der Waals surface area contributed by atoms with E-state index in [2.05, 4.69) is 5.32 Å². The summed E-state index contributed by atoms with van der Waals surface area (Å²) in [6, 6.07) is 11.7. The van der Waals surface area contributed by atoms with Gasteiger partial charge >= 0.3 is 118 Å². The number of anilines is 1. The average molecular weight is 439 g/mol. The van der Waals surface area contributed by atoms with Crippen LogP contribution < -0.4 is 39.2 Å². The van der Waals surface area contributed by atoms with Gasteiger partial charge in [0.2, 0.25) is 0 Å². The monoisotopic (exact) mass is 439 g/mol. The molecule has 0 radical (unpaired) electrons. The van der Waals surface area contributed by atoms with Gasteiger partial charge in [0.05, 0.1) is 0 Å². The molecule has 0 aliphatic heterocycles. The fourth-order valence-corrected chi connectivity index (χ4v) is 3.29. The molecule has 8 nitrogen and oxygen atoms in total. The molecular formula is C14H15AsNNaO7S. The predicted molar refractivity (Wildman–Crippen MR) is 86.6 cm³/mol. The SMILES string of the molecule is CC(=O)Nc1ccc([As](=O)(O)O)c(O)c1.O=S([O-])c1ccccc1.[Na+]. The van der Waals surface area contributed by atoms with Crippen molar-refractivity contribution in [3.8, 4) is 5.75 Å². The maximum absolute atomic E-state index is 10.9. The number of nitrogens with one attached hydrogen (secondary N) is 1. The van der Waals surface area contributed by atoms with Crippen LogP contribution in [0, 0.1) is 0 Å². The molecule has 0 aliphatic carbocycles. The van der Waals surface area contributed by atoms with E-state index in [9.17, 15) is 22.4 Å². The number of aromatic hydroxyl groups is 1. The van der Waals surface area contributed by atoms with Crippen LogP contribution >= 0.6 is 0 Å². The zero-order chi connectivity index (χ0) is 18.3. The zero-order valence-corrected chi connectivity index (χ0v) is 18.1. The molecule has 25 heavy (non-hydrogen) atoms. The Balaban J connectivity index is 0.000000495. The van der Waals surface area contributed by atoms with E-state index >= 15 is 0 Å². The Morgan fingerprint density at radius 3 is 2.08 bits per heavy atom. The van der Waals surface area contributed by atoms with Crippen molar-refractivity contribution in [2.24, 2.45) is 0 Å². The first kappa shape index (κ1) is 24.1. The van der Waals surface area contributed by atoms with Crippen molar-refractivity contribution in [3.05, 3.63) is 48.5 Å². The summed E-state index contributed by atoms with van der Waals surface area (Å²) in [5.74, 6) is -0.850. The number of carbonyl (C=O) groups excluding carboxylic acids is 1. The van der Waals surface area contributed by atoms with E-state index in [1.165, 1.54) is 13.0 Å². The Bertz CT molecular complexity index is 782. The van der Waals surface area contributed by atoms with Crippen LogP contribution in [0.3, 0.4) is 0 Å². The first-order valence-electron chi connectivity index (χ1n) is 6.42. The predicted octanol–water partition coefficient (Wildman–Crippen LogP) is -3.16. The molecule has 1 unspecified atom stereocenters. The van der Waals surface area contributed by atoms with Crippen LogP contribution in [0.5, 0.6) is 5.75 Å². The Hall–Kier alpha value is -0.902. The second-order valence-electron chi connectivity index (χ2n) is 4.48. The second-order valence-corrected chi connectivity index (χ2v) is 8.71. The second kappa shape index (κ2) is 10.9. The molecule has 130 valence electrons. The molecule has 4 N–H and O–H groups in total. The summed E-state index contributed by atoms with van der Waals surface area (Å²) in [6.45, 7) is 1.29. The number of amides is 1. The molecule has 2 aromatic carbocycles. The van der Waals surface area contributed by atoms with Crippen LogP contribution in [-0.4, -0.2) is 42.1 Å². The summed E-state index contributed by atoms with van der Waals surface area (Å²) in [7, 11) is 0. The fourth-order valence-electron chi connectivity index (χ4n) is 1.58. The molecule has 2 rings (SSSR count). The van der Waals surface area contributed by atoms with E-state index in [1.807, 2.05) is 0 Å². The number of hydrogen-bond acceptors (Lipinski definition) is 5. The summed E-state index contributed by atoms with van der Waals surface area (Å²) in [5.41, 5.74) is 0.285. The van der Waals surface area contributed by atoms with Crippen molar-refractivity contribution in [1.82, 2.24) is 0 Å². The first-order chi connectivity index (χ1) is 11.1. The summed E-state index contributed by atoms with van der Waals surface area (Å²) in [6.07, 6.45) is 0. The van der Waals surface area contributed by atoms with Gasteiger partial charge in [-0.2, -0.15) is 0 Å². The van der Waals surface area contributed by atoms with Crippen LogP contribution in [0.25, 0.3) is 0 Å². The van der Waals surface area contributed by atoms with E-state index in [1.54, 1.807) is 30.3 Å². The molecule has 2 aromatic rings. The third-order valence-corrected chi connectivity index (χ3v) is 5.31. The van der Waals surface area contributed by atoms with Gasteiger partial charge in [-0.05, 0) is 23.2 Å². The van der Waals surface area contributed by atoms with E-state index in [4.69, 9.17) is 8.19 Å². The van der Waals surface area contributed by atoms with Crippen molar-refractivity contribution in [3.63, 3.8) is 0 Å². The molecule has 0 saturated heterocycles. The van der Waals surface area contributed by atoms with E-state index < -0.39 is 35.4 Å². The fraction of sp³-hybridized carbons (Fsp3) is 0.0714. The first-order valence-corrected chi connectivity index (χ1v) is 10.9. The quantitative estimate of drug-likeness (QED) is 0.292. The molecule has 0 saturated carbocycles. The standard InChI is InChI=1S/C8H10AsNO5.C6H6O2S.Na/c1-5(11)10-6-2-3-7(8(12)4-6)9(13,14)15;7-9(8)6-4-2-1-3-5-6;/h2-4,12H,1H3,(H,10,11)(H2,13,14,15);1-5H,(H,7,8);/q;;+1/p-1. The third kappa shape index (κ3) is 8.84. The number of rotatable bonds is 3. The largest absolute Gasteiger partial charge is 1.00 e. The van der Waals surface area contributed by atoms with Gasteiger partial charge in [0, 0.05) is 4.90 Å². The van der Waals surface area contributed by atoms with Crippen LogP contribution in [0.15, 0.2) is 53.4 Å². The van der Waals surface area contributed by atoms with Crippen molar-refractivity contribution in [2.45, 2.75) is 11.8 Å². The Morgan fingerprint density at radius 2 is 1.72 bits per heavy atom. The van der Waals surface area contributed by atoms with Gasteiger partial charge in [0.25, 0.3) is 0 Å². The Labute approximate surface area is 171 Å². The van der Waals surface area contributed by atoms with Gasteiger partial charge in [0.15, 0.2) is 0 Å². The van der Waals surface area contributed by atoms with Crippen molar-refractivity contribution >= 4 is 41.2 Å². The minimum Gasteiger partial charge on any atom is -0.768 e. The van der Waals surface area contributed by atoms with Crippen molar-refractivity contribution < 1.29 is 60.2 Å². The third-order valence-electron chi connectivity index (χ3n) is 2.55. The number of phenols is 1. The smallest absolute Gasteiger partial charge is 0.768 e. The average Bonchev–Trinajstić information content (AvgIpc) is 2.47. The number of hydrogen-bond donors (Lipinski definition) is 4. The van der Waals surface area contributed by atoms with Crippen LogP contribution in [-0.2, 0) is 19.6 Å². The summed E-state index contributed by atoms with van der Waals surface area (Å²) in [4.78, 5) is 11.0. The van der Waals surface area contributed by atoms with Crippen LogP contribution in [0.4, 0.5) is 5.69 Å². The summed E-state index contributed by atoms with van der Waals surface area (Å²) < 4.78 is 48.6. The van der Waals surface area contributed by atoms with Crippen molar-refractivity contribution in [2.75, 3.05) is 5.32 Å². The molecule has 0 fully saturated rings. The molecule has 11 heteroatoms. The molecule has 1 atom stereocenters. The number of carbonyl (C=O) groups is 1. The minimum atomic E-state index is -5.09. The number of benzene rings is 2. The van der Waals surface area contributed by atoms with Crippen LogP contribution in [0.2, 0.25) is 0 Å². The van der Waals surface area contributed by atoms with E-state index in [0.717, 1.165) is 12.1 Å². The zero-order valence-electron chi connectivity index (χ0n) is 13.4. The molecule has 0 spiro atoms. The maximum atomic E-state index is 10.9. The molecular weight excluding hydrogens is 424 g/mol. The Morgan fingerprint density at radius 1 is 1.16 bits per heavy atom. The van der Waals surface area contributed by atoms with Gasteiger partial charge < -0.3 is 4.55 Å². The molecule has 0 bridgehead atoms. The van der Waals surface area contributed by atoms with Crippen LogP contribution in [0.1, 0.15) is 6.92 Å². The van der Waals surface area contributed by atoms with Gasteiger partial charge in [-0.1, -0.05) is 18.2 Å². The summed E-state index contributed by atoms with van der Waals surface area (Å²) >= 11 is -7.17. The topological polar surface area (TPSA) is 147 Å². The molecule has 0 aromatic heterocycles. The minimum absolute atomic E-state index is 0. The Kier molecular flexibility index (Phi) is 10.6. The van der Waals surface area contributed by atoms with Gasteiger partial charge in [-0.3, -0.25) is 4.21 Å². The van der Waals surface area contributed by atoms with E-state index in [-0.39, 0.29) is 41.2 Å². The normalized spacial score (nSPS) is 11.4. The summed E-state index contributed by atoms with van der Waals surface area (Å²) in [5, 5.41) is 11.7. The molecule has 0 heterocycles. The van der Waals surface area contributed by atoms with Gasteiger partial charge in [-0.25, -0.2) is 0 Å². The van der Waals surface area contributed by atoms with Gasteiger partial charge in [0.1, 0.15) is 0 Å². The van der Waals surface area contributed by atoms with E-state index in [0.29, 0.717) is 4.90 Å². The van der Waals surface area contributed by atoms with Crippen molar-refractivity contribution in [1.29, 1.82) is 0 Å². The number of phenolic OH excluding ortho intramolecular Hbond substituents is 1. The van der Waals surface area contributed by atoms with Gasteiger partial charge in [-0.15, -0.1) is 0 Å².